The number of benzene rings is 1. The summed E-state index contributed by atoms with van der Waals surface area (Å²) < 4.78 is 0. The number of anilines is 1. The second kappa shape index (κ2) is 5.88. The first kappa shape index (κ1) is 14.1. The van der Waals surface area contributed by atoms with Gasteiger partial charge in [-0.1, -0.05) is 60.9 Å². The van der Waals surface area contributed by atoms with Crippen molar-refractivity contribution >= 4 is 51.0 Å². The van der Waals surface area contributed by atoms with Crippen molar-refractivity contribution < 1.29 is 0 Å². The third-order valence-corrected chi connectivity index (χ3v) is 4.36. The Morgan fingerprint density at radius 3 is 1.67 bits per heavy atom. The van der Waals surface area contributed by atoms with Crippen LogP contribution in [0.1, 0.15) is 24.0 Å². The normalized spacial score (nSPS) is 17.7. The monoisotopic (exact) mass is 309 g/mol. The van der Waals surface area contributed by atoms with Crippen LogP contribution in [0.2, 0.25) is 0 Å². The minimum atomic E-state index is 0.735. The first-order valence-corrected chi connectivity index (χ1v) is 7.68. The number of hydrogen-bond acceptors (Lipinski definition) is 3. The number of nitrogens with two attached hydrogens (primary N) is 1. The second-order valence-electron chi connectivity index (χ2n) is 5.12. The molecule has 2 aliphatic rings. The first-order chi connectivity index (χ1) is 10.1. The van der Waals surface area contributed by atoms with Gasteiger partial charge in [-0.2, -0.15) is 0 Å². The van der Waals surface area contributed by atoms with Crippen LogP contribution in [0.5, 0.6) is 0 Å². The SMILES string of the molecule is Nc1cc(C2=CC=CCC2=S)cc(C2=CC=CCC2=S)c1. The lowest BCUT2D eigenvalue weighted by atomic mass is 9.91. The second-order valence-corrected chi connectivity index (χ2v) is 6.10. The van der Waals surface area contributed by atoms with E-state index in [1.165, 1.54) is 0 Å². The summed E-state index contributed by atoms with van der Waals surface area (Å²) >= 11 is 10.9. The molecule has 0 aromatic heterocycles. The maximum atomic E-state index is 6.09. The van der Waals surface area contributed by atoms with Crippen molar-refractivity contribution in [3.63, 3.8) is 0 Å². The standard InChI is InChI=1S/C18H15NS2/c19-14-10-12(15-5-1-3-7-17(15)20)9-13(11-14)16-6-2-4-8-18(16)21/h1-6,9-11H,7-8,19H2. The average molecular weight is 309 g/mol. The lowest BCUT2D eigenvalue weighted by Gasteiger charge is -2.16. The first-order valence-electron chi connectivity index (χ1n) is 6.86. The van der Waals surface area contributed by atoms with Gasteiger partial charge in [0.15, 0.2) is 0 Å². The van der Waals surface area contributed by atoms with Crippen LogP contribution in [0, 0.1) is 0 Å². The van der Waals surface area contributed by atoms with Gasteiger partial charge in [-0.05, 0) is 40.5 Å². The van der Waals surface area contributed by atoms with E-state index in [2.05, 4.69) is 30.4 Å². The number of thiocarbonyl (C=S) groups is 2. The molecule has 0 unspecified atom stereocenters. The molecule has 0 bridgehead atoms. The van der Waals surface area contributed by atoms with E-state index in [4.69, 9.17) is 30.2 Å². The molecule has 0 radical (unpaired) electrons. The molecule has 104 valence electrons. The van der Waals surface area contributed by atoms with Gasteiger partial charge in [0.2, 0.25) is 0 Å². The molecule has 0 spiro atoms. The van der Waals surface area contributed by atoms with Crippen LogP contribution in [-0.2, 0) is 0 Å². The summed E-state index contributed by atoms with van der Waals surface area (Å²) in [6.07, 6.45) is 14.0. The molecule has 3 rings (SSSR count). The van der Waals surface area contributed by atoms with Crippen molar-refractivity contribution in [2.24, 2.45) is 0 Å². The highest BCUT2D eigenvalue weighted by atomic mass is 32.1. The molecule has 0 amide bonds. The van der Waals surface area contributed by atoms with Crippen LogP contribution >= 0.6 is 24.4 Å². The van der Waals surface area contributed by atoms with Gasteiger partial charge in [-0.3, -0.25) is 0 Å². The Balaban J connectivity index is 2.09. The van der Waals surface area contributed by atoms with Gasteiger partial charge in [-0.15, -0.1) is 0 Å². The Morgan fingerprint density at radius 2 is 1.24 bits per heavy atom. The van der Waals surface area contributed by atoms with Crippen molar-refractivity contribution in [3.05, 3.63) is 65.8 Å². The van der Waals surface area contributed by atoms with Crippen LogP contribution < -0.4 is 5.73 Å². The van der Waals surface area contributed by atoms with Gasteiger partial charge >= 0.3 is 0 Å². The Bertz CT molecular complexity index is 688. The largest absolute Gasteiger partial charge is 0.399 e. The Morgan fingerprint density at radius 1 is 0.762 bits per heavy atom. The Hall–Kier alpha value is -1.84. The quantitative estimate of drug-likeness (QED) is 0.634. The zero-order valence-electron chi connectivity index (χ0n) is 11.5. The summed E-state index contributed by atoms with van der Waals surface area (Å²) in [6, 6.07) is 6.08. The lowest BCUT2D eigenvalue weighted by Crippen LogP contribution is -2.05. The topological polar surface area (TPSA) is 26.0 Å². The molecule has 1 nitrogen and oxygen atoms in total. The van der Waals surface area contributed by atoms with Gasteiger partial charge in [0, 0.05) is 28.3 Å². The maximum absolute atomic E-state index is 6.09. The molecule has 2 N–H and O–H groups in total. The van der Waals surface area contributed by atoms with E-state index in [0.29, 0.717) is 0 Å². The number of hydrogen-bond donors (Lipinski definition) is 1. The summed E-state index contributed by atoms with van der Waals surface area (Å²) in [7, 11) is 0. The fourth-order valence-corrected chi connectivity index (χ4v) is 3.13. The van der Waals surface area contributed by atoms with Crippen molar-refractivity contribution in [2.45, 2.75) is 12.8 Å². The maximum Gasteiger partial charge on any atom is 0.0326 e. The van der Waals surface area contributed by atoms with Crippen LogP contribution in [0.3, 0.4) is 0 Å². The van der Waals surface area contributed by atoms with Crippen molar-refractivity contribution in [1.29, 1.82) is 0 Å². The number of rotatable bonds is 2. The van der Waals surface area contributed by atoms with E-state index in [1.807, 2.05) is 24.3 Å². The molecular formula is C18H15NS2. The van der Waals surface area contributed by atoms with Crippen LogP contribution in [0.15, 0.2) is 54.7 Å². The van der Waals surface area contributed by atoms with Crippen molar-refractivity contribution in [3.8, 4) is 0 Å². The highest BCUT2D eigenvalue weighted by molar-refractivity contribution is 7.81. The number of allylic oxidation sites excluding steroid dienone is 8. The highest BCUT2D eigenvalue weighted by Crippen LogP contribution is 2.29. The molecule has 3 heteroatoms. The lowest BCUT2D eigenvalue weighted by molar-refractivity contribution is 1.47. The van der Waals surface area contributed by atoms with E-state index in [-0.39, 0.29) is 0 Å². The average Bonchev–Trinajstić information content (AvgIpc) is 2.47. The van der Waals surface area contributed by atoms with E-state index in [1.54, 1.807) is 0 Å². The molecule has 0 saturated carbocycles. The minimum absolute atomic E-state index is 0.735. The fraction of sp³-hybridized carbons (Fsp3) is 0.111. The molecule has 2 aliphatic carbocycles. The zero-order valence-corrected chi connectivity index (χ0v) is 13.1. The highest BCUT2D eigenvalue weighted by Gasteiger charge is 2.14. The molecule has 1 aromatic carbocycles. The molecule has 21 heavy (non-hydrogen) atoms. The van der Waals surface area contributed by atoms with E-state index < -0.39 is 0 Å². The molecule has 0 atom stereocenters. The van der Waals surface area contributed by atoms with E-state index in [9.17, 15) is 0 Å². The smallest absolute Gasteiger partial charge is 0.0326 e. The summed E-state index contributed by atoms with van der Waals surface area (Å²) in [5, 5.41) is 0. The molecule has 0 fully saturated rings. The van der Waals surface area contributed by atoms with Crippen LogP contribution in [0.4, 0.5) is 5.69 Å². The van der Waals surface area contributed by atoms with Gasteiger partial charge in [0.25, 0.3) is 0 Å². The third-order valence-electron chi connectivity index (χ3n) is 3.58. The van der Waals surface area contributed by atoms with Gasteiger partial charge < -0.3 is 5.73 Å². The summed E-state index contributed by atoms with van der Waals surface area (Å²) in [6.45, 7) is 0. The predicted octanol–water partition coefficient (Wildman–Crippen LogP) is 4.70. The molecular weight excluding hydrogens is 294 g/mol. The fourth-order valence-electron chi connectivity index (χ4n) is 2.56. The molecule has 1 aromatic rings. The molecule has 0 heterocycles. The van der Waals surface area contributed by atoms with Crippen LogP contribution in [-0.4, -0.2) is 9.73 Å². The van der Waals surface area contributed by atoms with Gasteiger partial charge in [0.1, 0.15) is 0 Å². The van der Waals surface area contributed by atoms with Crippen LogP contribution in [0.25, 0.3) is 11.1 Å². The predicted molar refractivity (Wildman–Crippen MR) is 99.5 cm³/mol. The zero-order chi connectivity index (χ0) is 14.8. The number of nitrogen functional groups attached to an aromatic ring is 1. The molecule has 0 aliphatic heterocycles. The Labute approximate surface area is 135 Å². The third kappa shape index (κ3) is 2.94. The summed E-state index contributed by atoms with van der Waals surface area (Å²) in [4.78, 5) is 1.91. The van der Waals surface area contributed by atoms with E-state index in [0.717, 1.165) is 50.5 Å². The van der Waals surface area contributed by atoms with E-state index >= 15 is 0 Å². The van der Waals surface area contributed by atoms with Crippen molar-refractivity contribution in [1.82, 2.24) is 0 Å². The summed E-state index contributed by atoms with van der Waals surface area (Å²) in [5.41, 5.74) is 11.1. The minimum Gasteiger partial charge on any atom is -0.399 e. The summed E-state index contributed by atoms with van der Waals surface area (Å²) in [5.74, 6) is 0. The van der Waals surface area contributed by atoms with Gasteiger partial charge in [0.05, 0.1) is 0 Å². The Kier molecular flexibility index (Phi) is 3.95. The van der Waals surface area contributed by atoms with Crippen molar-refractivity contribution in [2.75, 3.05) is 5.73 Å². The van der Waals surface area contributed by atoms with Gasteiger partial charge in [-0.25, -0.2) is 0 Å². The molecule has 0 saturated heterocycles.